The molecule has 2 heterocycles. The lowest BCUT2D eigenvalue weighted by Crippen LogP contribution is -1.99. The van der Waals surface area contributed by atoms with Gasteiger partial charge in [0.2, 0.25) is 0 Å². The van der Waals surface area contributed by atoms with Crippen LogP contribution in [0.5, 0.6) is 0 Å². The number of pyridine rings is 2. The maximum atomic E-state index is 4.99. The van der Waals surface area contributed by atoms with Crippen molar-refractivity contribution in [1.82, 2.24) is 9.97 Å². The molecule has 2 heteroatoms. The van der Waals surface area contributed by atoms with Crippen LogP contribution in [-0.2, 0) is 0 Å². The van der Waals surface area contributed by atoms with Crippen LogP contribution in [0.4, 0.5) is 0 Å². The Kier molecular flexibility index (Phi) is 3.46. The minimum Gasteiger partial charge on any atom is -0.261 e. The van der Waals surface area contributed by atoms with E-state index >= 15 is 0 Å². The van der Waals surface area contributed by atoms with Crippen LogP contribution in [0.3, 0.4) is 0 Å². The molecule has 0 fully saturated rings. The van der Waals surface area contributed by atoms with E-state index in [0.717, 1.165) is 22.5 Å². The maximum absolute atomic E-state index is 4.99. The van der Waals surface area contributed by atoms with Crippen LogP contribution in [0.25, 0.3) is 22.2 Å². The first-order chi connectivity index (χ1) is 10.1. The fourth-order valence-electron chi connectivity index (χ4n) is 2.75. The molecule has 2 aromatic heterocycles. The summed E-state index contributed by atoms with van der Waals surface area (Å²) in [6, 6.07) is 12.7. The Balaban J connectivity index is 2.37. The first-order valence-electron chi connectivity index (χ1n) is 7.40. The summed E-state index contributed by atoms with van der Waals surface area (Å²) in [6.45, 7) is 8.59. The number of para-hydroxylation sites is 1. The van der Waals surface area contributed by atoms with Gasteiger partial charge in [0, 0.05) is 22.8 Å². The smallest absolute Gasteiger partial charge is 0.0762 e. The summed E-state index contributed by atoms with van der Waals surface area (Å²) in [5, 5.41) is 1.21. The molecular weight excluding hydrogens is 256 g/mol. The van der Waals surface area contributed by atoms with Gasteiger partial charge in [-0.2, -0.15) is 0 Å². The Bertz CT molecular complexity index is 804. The zero-order valence-corrected chi connectivity index (χ0v) is 13.0. The topological polar surface area (TPSA) is 25.8 Å². The van der Waals surface area contributed by atoms with Crippen molar-refractivity contribution >= 4 is 10.9 Å². The van der Waals surface area contributed by atoms with E-state index in [0.29, 0.717) is 5.92 Å². The molecule has 0 aliphatic heterocycles. The van der Waals surface area contributed by atoms with Crippen LogP contribution >= 0.6 is 0 Å². The number of hydrogen-bond donors (Lipinski definition) is 0. The average Bonchev–Trinajstić information content (AvgIpc) is 2.47. The van der Waals surface area contributed by atoms with Crippen LogP contribution < -0.4 is 0 Å². The van der Waals surface area contributed by atoms with E-state index < -0.39 is 0 Å². The van der Waals surface area contributed by atoms with Crippen molar-refractivity contribution in [3.63, 3.8) is 0 Å². The first-order valence-corrected chi connectivity index (χ1v) is 7.40. The molecular formula is C19H20N2. The second-order valence-electron chi connectivity index (χ2n) is 5.86. The summed E-state index contributed by atoms with van der Waals surface area (Å²) in [6.07, 6.45) is 1.83. The van der Waals surface area contributed by atoms with Crippen molar-refractivity contribution in [2.24, 2.45) is 0 Å². The van der Waals surface area contributed by atoms with Gasteiger partial charge in [0.05, 0.1) is 11.2 Å². The molecule has 0 saturated carbocycles. The number of hydrogen-bond acceptors (Lipinski definition) is 2. The average molecular weight is 276 g/mol. The van der Waals surface area contributed by atoms with Crippen LogP contribution in [0.1, 0.15) is 36.6 Å². The summed E-state index contributed by atoms with van der Waals surface area (Å²) in [7, 11) is 0. The van der Waals surface area contributed by atoms with Gasteiger partial charge in [-0.15, -0.1) is 0 Å². The van der Waals surface area contributed by atoms with E-state index in [1.165, 1.54) is 16.5 Å². The molecule has 0 saturated heterocycles. The predicted octanol–water partition coefficient (Wildman–Crippen LogP) is 5.04. The molecule has 0 amide bonds. The normalized spacial score (nSPS) is 11.3. The van der Waals surface area contributed by atoms with Crippen LogP contribution in [-0.4, -0.2) is 9.97 Å². The van der Waals surface area contributed by atoms with Crippen molar-refractivity contribution in [2.45, 2.75) is 33.6 Å². The van der Waals surface area contributed by atoms with Gasteiger partial charge in [0.1, 0.15) is 0 Å². The quantitative estimate of drug-likeness (QED) is 0.655. The zero-order valence-electron chi connectivity index (χ0n) is 13.0. The van der Waals surface area contributed by atoms with Crippen molar-refractivity contribution in [2.75, 3.05) is 0 Å². The Morgan fingerprint density at radius 3 is 2.52 bits per heavy atom. The number of aryl methyl sites for hydroxylation is 2. The highest BCUT2D eigenvalue weighted by Gasteiger charge is 2.14. The lowest BCUT2D eigenvalue weighted by molar-refractivity contribution is 0.864. The number of benzene rings is 1. The summed E-state index contributed by atoms with van der Waals surface area (Å²) in [4.78, 5) is 9.41. The second-order valence-corrected chi connectivity index (χ2v) is 5.86. The molecule has 3 aromatic rings. The number of fused-ring (bicyclic) bond motifs is 1. The van der Waals surface area contributed by atoms with Gasteiger partial charge >= 0.3 is 0 Å². The molecule has 0 aliphatic rings. The van der Waals surface area contributed by atoms with E-state index in [1.807, 2.05) is 19.2 Å². The highest BCUT2D eigenvalue weighted by Crippen LogP contribution is 2.32. The molecule has 106 valence electrons. The SMILES string of the molecule is Cc1ncccc1-c1nc2c(C)cccc2cc1C(C)C. The van der Waals surface area contributed by atoms with Gasteiger partial charge in [-0.05, 0) is 49.1 Å². The van der Waals surface area contributed by atoms with E-state index in [2.05, 4.69) is 56.1 Å². The largest absolute Gasteiger partial charge is 0.261 e. The van der Waals surface area contributed by atoms with Crippen molar-refractivity contribution in [1.29, 1.82) is 0 Å². The molecule has 0 atom stereocenters. The van der Waals surface area contributed by atoms with Crippen molar-refractivity contribution in [3.05, 3.63) is 59.4 Å². The van der Waals surface area contributed by atoms with E-state index in [9.17, 15) is 0 Å². The molecule has 1 aromatic carbocycles. The molecule has 2 nitrogen and oxygen atoms in total. The lowest BCUT2D eigenvalue weighted by atomic mass is 9.94. The van der Waals surface area contributed by atoms with Crippen molar-refractivity contribution < 1.29 is 0 Å². The number of aromatic nitrogens is 2. The second kappa shape index (κ2) is 5.28. The molecule has 0 bridgehead atoms. The summed E-state index contributed by atoms with van der Waals surface area (Å²) in [5.74, 6) is 0.428. The predicted molar refractivity (Wildman–Crippen MR) is 88.5 cm³/mol. The Morgan fingerprint density at radius 1 is 1.00 bits per heavy atom. The van der Waals surface area contributed by atoms with Gasteiger partial charge in [-0.25, -0.2) is 4.98 Å². The first kappa shape index (κ1) is 13.7. The maximum Gasteiger partial charge on any atom is 0.0762 e. The molecule has 0 radical (unpaired) electrons. The van der Waals surface area contributed by atoms with Gasteiger partial charge in [0.15, 0.2) is 0 Å². The summed E-state index contributed by atoms with van der Waals surface area (Å²) >= 11 is 0. The van der Waals surface area contributed by atoms with Crippen molar-refractivity contribution in [3.8, 4) is 11.3 Å². The fourth-order valence-corrected chi connectivity index (χ4v) is 2.75. The summed E-state index contributed by atoms with van der Waals surface area (Å²) in [5.41, 5.74) is 6.80. The van der Waals surface area contributed by atoms with Gasteiger partial charge in [-0.3, -0.25) is 4.98 Å². The third-order valence-electron chi connectivity index (χ3n) is 3.96. The Morgan fingerprint density at radius 2 is 1.81 bits per heavy atom. The van der Waals surface area contributed by atoms with E-state index in [1.54, 1.807) is 0 Å². The van der Waals surface area contributed by atoms with E-state index in [4.69, 9.17) is 4.98 Å². The van der Waals surface area contributed by atoms with Crippen LogP contribution in [0.2, 0.25) is 0 Å². The molecule has 0 N–H and O–H groups in total. The van der Waals surface area contributed by atoms with Gasteiger partial charge < -0.3 is 0 Å². The fraction of sp³-hybridized carbons (Fsp3) is 0.263. The lowest BCUT2D eigenvalue weighted by Gasteiger charge is -2.15. The van der Waals surface area contributed by atoms with Gasteiger partial charge in [0.25, 0.3) is 0 Å². The molecule has 21 heavy (non-hydrogen) atoms. The molecule has 3 rings (SSSR count). The number of nitrogens with zero attached hydrogens (tertiary/aromatic N) is 2. The highest BCUT2D eigenvalue weighted by atomic mass is 14.7. The molecule has 0 unspecified atom stereocenters. The third kappa shape index (κ3) is 2.42. The Labute approximate surface area is 125 Å². The summed E-state index contributed by atoms with van der Waals surface area (Å²) < 4.78 is 0. The number of rotatable bonds is 2. The standard InChI is InChI=1S/C19H20N2/c1-12(2)17-11-15-8-5-7-13(3)18(15)21-19(17)16-9-6-10-20-14(16)4/h5-12H,1-4H3. The third-order valence-corrected chi connectivity index (χ3v) is 3.96. The molecule has 0 spiro atoms. The minimum atomic E-state index is 0.428. The zero-order chi connectivity index (χ0) is 15.0. The minimum absolute atomic E-state index is 0.428. The van der Waals surface area contributed by atoms with Crippen LogP contribution in [0, 0.1) is 13.8 Å². The monoisotopic (exact) mass is 276 g/mol. The van der Waals surface area contributed by atoms with E-state index in [-0.39, 0.29) is 0 Å². The van der Waals surface area contributed by atoms with Crippen LogP contribution in [0.15, 0.2) is 42.6 Å². The highest BCUT2D eigenvalue weighted by molar-refractivity contribution is 5.86. The molecule has 0 aliphatic carbocycles. The Hall–Kier alpha value is -2.22. The van der Waals surface area contributed by atoms with Gasteiger partial charge in [-0.1, -0.05) is 32.0 Å².